The summed E-state index contributed by atoms with van der Waals surface area (Å²) in [5.41, 5.74) is 1.90. The Labute approximate surface area is 139 Å². The van der Waals surface area contributed by atoms with E-state index in [1.54, 1.807) is 19.1 Å². The van der Waals surface area contributed by atoms with E-state index in [1.807, 2.05) is 6.92 Å². The van der Waals surface area contributed by atoms with Gasteiger partial charge in [0.15, 0.2) is 0 Å². The van der Waals surface area contributed by atoms with E-state index in [4.69, 9.17) is 0 Å². The Morgan fingerprint density at radius 3 is 2.21 bits per heavy atom. The zero-order valence-electron chi connectivity index (χ0n) is 13.0. The second-order valence-electron chi connectivity index (χ2n) is 5.01. The Morgan fingerprint density at radius 2 is 1.67 bits per heavy atom. The van der Waals surface area contributed by atoms with Crippen molar-refractivity contribution in [2.24, 2.45) is 5.10 Å². The van der Waals surface area contributed by atoms with Crippen LogP contribution in [-0.4, -0.2) is 20.7 Å². The molecule has 0 bridgehead atoms. The van der Waals surface area contributed by atoms with E-state index < -0.39 is 16.6 Å². The standard InChI is InChI=1S/C16H16F2N2O3S/c1-11-3-9-15(10-4-11)24(21,22)20-19-12(2)13-5-7-14(8-6-13)23-16(17)18/h3-10,16,20H,1-2H3/b19-12+. The number of aryl methyl sites for hydroxylation is 1. The number of halogens is 2. The molecule has 1 N–H and O–H groups in total. The molecule has 2 aromatic carbocycles. The second kappa shape index (κ2) is 7.39. The number of hydrazone groups is 1. The maximum absolute atomic E-state index is 12.1. The van der Waals surface area contributed by atoms with Gasteiger partial charge < -0.3 is 4.74 Å². The molecule has 2 aromatic rings. The first kappa shape index (κ1) is 17.9. The Hall–Kier alpha value is -2.48. The van der Waals surface area contributed by atoms with Crippen LogP contribution in [-0.2, 0) is 10.0 Å². The highest BCUT2D eigenvalue weighted by atomic mass is 32.2. The number of alkyl halides is 2. The van der Waals surface area contributed by atoms with Crippen molar-refractivity contribution in [3.05, 3.63) is 59.7 Å². The minimum Gasteiger partial charge on any atom is -0.435 e. The quantitative estimate of drug-likeness (QED) is 0.639. The van der Waals surface area contributed by atoms with Gasteiger partial charge in [0.05, 0.1) is 10.6 Å². The molecule has 0 amide bonds. The Kier molecular flexibility index (Phi) is 5.50. The number of hydrogen-bond donors (Lipinski definition) is 1. The van der Waals surface area contributed by atoms with Crippen LogP contribution in [0.5, 0.6) is 5.75 Å². The molecule has 0 aliphatic heterocycles. The lowest BCUT2D eigenvalue weighted by Crippen LogP contribution is -2.20. The third-order valence-corrected chi connectivity index (χ3v) is 4.39. The number of nitrogens with zero attached hydrogens (tertiary/aromatic N) is 1. The van der Waals surface area contributed by atoms with Crippen LogP contribution in [0.1, 0.15) is 18.1 Å². The molecule has 0 saturated carbocycles. The molecule has 0 spiro atoms. The molecular formula is C16H16F2N2O3S. The van der Waals surface area contributed by atoms with Gasteiger partial charge in [0, 0.05) is 0 Å². The maximum Gasteiger partial charge on any atom is 0.387 e. The molecule has 24 heavy (non-hydrogen) atoms. The van der Waals surface area contributed by atoms with Crippen LogP contribution in [0, 0.1) is 6.92 Å². The van der Waals surface area contributed by atoms with Gasteiger partial charge in [-0.05, 0) is 55.8 Å². The molecular weight excluding hydrogens is 338 g/mol. The number of sulfonamides is 1. The van der Waals surface area contributed by atoms with Gasteiger partial charge in [-0.25, -0.2) is 0 Å². The summed E-state index contributed by atoms with van der Waals surface area (Å²) in [5, 5.41) is 3.85. The molecule has 0 radical (unpaired) electrons. The lowest BCUT2D eigenvalue weighted by Gasteiger charge is -2.07. The lowest BCUT2D eigenvalue weighted by molar-refractivity contribution is -0.0498. The highest BCUT2D eigenvalue weighted by Gasteiger charge is 2.12. The summed E-state index contributed by atoms with van der Waals surface area (Å²) in [6.07, 6.45) is 0. The van der Waals surface area contributed by atoms with Crippen molar-refractivity contribution in [3.8, 4) is 5.75 Å². The van der Waals surface area contributed by atoms with E-state index in [9.17, 15) is 17.2 Å². The lowest BCUT2D eigenvalue weighted by atomic mass is 10.1. The second-order valence-corrected chi connectivity index (χ2v) is 6.67. The smallest absolute Gasteiger partial charge is 0.387 e. The van der Waals surface area contributed by atoms with Crippen molar-refractivity contribution in [1.82, 2.24) is 4.83 Å². The van der Waals surface area contributed by atoms with E-state index >= 15 is 0 Å². The molecule has 0 unspecified atom stereocenters. The molecule has 128 valence electrons. The first-order valence-corrected chi connectivity index (χ1v) is 8.44. The fraction of sp³-hybridized carbons (Fsp3) is 0.188. The van der Waals surface area contributed by atoms with Crippen LogP contribution in [0.4, 0.5) is 8.78 Å². The predicted molar refractivity (Wildman–Crippen MR) is 86.8 cm³/mol. The molecule has 0 atom stereocenters. The van der Waals surface area contributed by atoms with E-state index in [-0.39, 0.29) is 10.6 Å². The highest BCUT2D eigenvalue weighted by molar-refractivity contribution is 7.89. The number of rotatable bonds is 6. The Morgan fingerprint density at radius 1 is 1.08 bits per heavy atom. The fourth-order valence-electron chi connectivity index (χ4n) is 1.84. The maximum atomic E-state index is 12.1. The van der Waals surface area contributed by atoms with Gasteiger partial charge in [0.2, 0.25) is 0 Å². The average Bonchev–Trinajstić information content (AvgIpc) is 2.53. The first-order chi connectivity index (χ1) is 11.3. The molecule has 8 heteroatoms. The van der Waals surface area contributed by atoms with Crippen LogP contribution in [0.15, 0.2) is 58.5 Å². The van der Waals surface area contributed by atoms with Crippen LogP contribution in [0.25, 0.3) is 0 Å². The molecule has 0 aromatic heterocycles. The van der Waals surface area contributed by atoms with Crippen molar-refractivity contribution in [3.63, 3.8) is 0 Å². The molecule has 2 rings (SSSR count). The monoisotopic (exact) mass is 354 g/mol. The van der Waals surface area contributed by atoms with Crippen molar-refractivity contribution in [2.75, 3.05) is 0 Å². The minimum absolute atomic E-state index is 0.0155. The van der Waals surface area contributed by atoms with Crippen molar-refractivity contribution < 1.29 is 21.9 Å². The van der Waals surface area contributed by atoms with E-state index in [0.29, 0.717) is 11.3 Å². The van der Waals surface area contributed by atoms with Gasteiger partial charge in [-0.3, -0.25) is 0 Å². The van der Waals surface area contributed by atoms with Gasteiger partial charge in [-0.1, -0.05) is 17.7 Å². The molecule has 0 fully saturated rings. The summed E-state index contributed by atoms with van der Waals surface area (Å²) < 4.78 is 52.7. The van der Waals surface area contributed by atoms with Crippen LogP contribution in [0.3, 0.4) is 0 Å². The summed E-state index contributed by atoms with van der Waals surface area (Å²) in [6, 6.07) is 12.1. The zero-order chi connectivity index (χ0) is 17.7. The summed E-state index contributed by atoms with van der Waals surface area (Å²) >= 11 is 0. The Bertz CT molecular complexity index is 817. The van der Waals surface area contributed by atoms with Crippen molar-refractivity contribution in [2.45, 2.75) is 25.4 Å². The molecule has 0 aliphatic carbocycles. The van der Waals surface area contributed by atoms with Gasteiger partial charge in [-0.15, -0.1) is 0 Å². The summed E-state index contributed by atoms with van der Waals surface area (Å²) in [7, 11) is -3.77. The third-order valence-electron chi connectivity index (χ3n) is 3.16. The molecule has 0 aliphatic rings. The number of nitrogens with one attached hydrogen (secondary N) is 1. The molecule has 5 nitrogen and oxygen atoms in total. The summed E-state index contributed by atoms with van der Waals surface area (Å²) in [5.74, 6) is 0.0155. The highest BCUT2D eigenvalue weighted by Crippen LogP contribution is 2.15. The largest absolute Gasteiger partial charge is 0.435 e. The van der Waals surface area contributed by atoms with E-state index in [0.717, 1.165) is 5.56 Å². The SMILES string of the molecule is C/C(=N\NS(=O)(=O)c1ccc(C)cc1)c1ccc(OC(F)F)cc1. The summed E-state index contributed by atoms with van der Waals surface area (Å²) in [6.45, 7) is 0.556. The van der Waals surface area contributed by atoms with Crippen molar-refractivity contribution >= 4 is 15.7 Å². The van der Waals surface area contributed by atoms with Crippen LogP contribution in [0.2, 0.25) is 0 Å². The zero-order valence-corrected chi connectivity index (χ0v) is 13.8. The first-order valence-electron chi connectivity index (χ1n) is 6.96. The van der Waals surface area contributed by atoms with E-state index in [2.05, 4.69) is 14.7 Å². The van der Waals surface area contributed by atoms with Crippen LogP contribution >= 0.6 is 0 Å². The third kappa shape index (κ3) is 4.76. The number of hydrogen-bond acceptors (Lipinski definition) is 4. The van der Waals surface area contributed by atoms with Crippen molar-refractivity contribution in [1.29, 1.82) is 0 Å². The molecule has 0 heterocycles. The summed E-state index contributed by atoms with van der Waals surface area (Å²) in [4.78, 5) is 2.25. The number of benzene rings is 2. The average molecular weight is 354 g/mol. The van der Waals surface area contributed by atoms with Gasteiger partial charge >= 0.3 is 6.61 Å². The topological polar surface area (TPSA) is 67.8 Å². The van der Waals surface area contributed by atoms with Crippen LogP contribution < -0.4 is 9.57 Å². The normalized spacial score (nSPS) is 12.3. The van der Waals surface area contributed by atoms with E-state index in [1.165, 1.54) is 36.4 Å². The number of ether oxygens (including phenoxy) is 1. The minimum atomic E-state index is -3.77. The Balaban J connectivity index is 2.11. The molecule has 0 saturated heterocycles. The van der Waals surface area contributed by atoms with Gasteiger partial charge in [-0.2, -0.15) is 27.1 Å². The predicted octanol–water partition coefficient (Wildman–Crippen LogP) is 3.30. The van der Waals surface area contributed by atoms with Gasteiger partial charge in [0.25, 0.3) is 10.0 Å². The van der Waals surface area contributed by atoms with Gasteiger partial charge in [0.1, 0.15) is 5.75 Å². The fourth-order valence-corrected chi connectivity index (χ4v) is 2.70.